The molecular weight excluding hydrogens is 231 g/mol. The number of alkyl halides is 2. The Morgan fingerprint density at radius 3 is 1.43 bits per heavy atom. The Kier molecular flexibility index (Phi) is 3.61. The van der Waals surface area contributed by atoms with Crippen molar-refractivity contribution in [3.8, 4) is 0 Å². The lowest BCUT2D eigenvalue weighted by molar-refractivity contribution is -0.155. The quantitative estimate of drug-likeness (QED) is 0.716. The normalized spacial score (nSPS) is 37.9. The Labute approximate surface area is 90.8 Å². The van der Waals surface area contributed by atoms with Crippen LogP contribution in [0.2, 0.25) is 0 Å². The molecule has 1 aliphatic carbocycles. The molecule has 0 radical (unpaired) electrons. The maximum atomic E-state index is 10.8. The number of carboxylic acids is 2. The highest BCUT2D eigenvalue weighted by Gasteiger charge is 2.42. The van der Waals surface area contributed by atoms with E-state index in [0.717, 1.165) is 0 Å². The molecule has 4 nitrogen and oxygen atoms in total. The number of rotatable bonds is 2. The van der Waals surface area contributed by atoms with Crippen LogP contribution in [0, 0.1) is 11.8 Å². The number of hydrogen-bond acceptors (Lipinski definition) is 2. The third kappa shape index (κ3) is 2.30. The molecule has 80 valence electrons. The van der Waals surface area contributed by atoms with Gasteiger partial charge in [-0.25, -0.2) is 0 Å². The molecule has 0 amide bonds. The lowest BCUT2D eigenvalue weighted by atomic mass is 9.79. The molecule has 1 rings (SSSR count). The van der Waals surface area contributed by atoms with Crippen LogP contribution in [0.15, 0.2) is 0 Å². The summed E-state index contributed by atoms with van der Waals surface area (Å²) in [5.41, 5.74) is 0. The molecule has 14 heavy (non-hydrogen) atoms. The molecule has 1 fully saturated rings. The first-order valence-corrected chi connectivity index (χ1v) is 5.04. The zero-order valence-electron chi connectivity index (χ0n) is 7.19. The van der Waals surface area contributed by atoms with Gasteiger partial charge in [0.2, 0.25) is 0 Å². The summed E-state index contributed by atoms with van der Waals surface area (Å²) in [6.45, 7) is 0. The van der Waals surface area contributed by atoms with Gasteiger partial charge in [0.25, 0.3) is 0 Å². The van der Waals surface area contributed by atoms with Crippen molar-refractivity contribution < 1.29 is 19.8 Å². The highest BCUT2D eigenvalue weighted by atomic mass is 35.5. The van der Waals surface area contributed by atoms with Gasteiger partial charge in [-0.15, -0.1) is 23.2 Å². The largest absolute Gasteiger partial charge is 0.481 e. The monoisotopic (exact) mass is 240 g/mol. The van der Waals surface area contributed by atoms with Crippen LogP contribution in [0.1, 0.15) is 12.8 Å². The average Bonchev–Trinajstić information content (AvgIpc) is 2.08. The van der Waals surface area contributed by atoms with E-state index in [1.54, 1.807) is 0 Å². The maximum absolute atomic E-state index is 10.8. The number of carbonyl (C=O) groups is 2. The van der Waals surface area contributed by atoms with Crippen LogP contribution in [0.5, 0.6) is 0 Å². The Morgan fingerprint density at radius 2 is 1.21 bits per heavy atom. The van der Waals surface area contributed by atoms with Gasteiger partial charge >= 0.3 is 11.9 Å². The summed E-state index contributed by atoms with van der Waals surface area (Å²) in [4.78, 5) is 21.5. The fourth-order valence-corrected chi connectivity index (χ4v) is 2.24. The first kappa shape index (κ1) is 11.6. The van der Waals surface area contributed by atoms with Crippen LogP contribution >= 0.6 is 23.2 Å². The van der Waals surface area contributed by atoms with Gasteiger partial charge < -0.3 is 10.2 Å². The van der Waals surface area contributed by atoms with E-state index in [0.29, 0.717) is 0 Å². The smallest absolute Gasteiger partial charge is 0.307 e. The summed E-state index contributed by atoms with van der Waals surface area (Å²) in [6, 6.07) is 0. The Morgan fingerprint density at radius 1 is 0.929 bits per heavy atom. The summed E-state index contributed by atoms with van der Waals surface area (Å²) in [6.07, 6.45) is 0.226. The summed E-state index contributed by atoms with van der Waals surface area (Å²) in [7, 11) is 0. The molecule has 0 unspecified atom stereocenters. The fraction of sp³-hybridized carbons (Fsp3) is 0.750. The fourth-order valence-electron chi connectivity index (χ4n) is 1.65. The highest BCUT2D eigenvalue weighted by Crippen LogP contribution is 2.36. The van der Waals surface area contributed by atoms with Gasteiger partial charge in [0.05, 0.1) is 22.6 Å². The van der Waals surface area contributed by atoms with E-state index < -0.39 is 34.5 Å². The van der Waals surface area contributed by atoms with E-state index >= 15 is 0 Å². The molecule has 1 saturated carbocycles. The average molecular weight is 241 g/mol. The topological polar surface area (TPSA) is 74.6 Å². The van der Waals surface area contributed by atoms with Crippen molar-refractivity contribution >= 4 is 35.1 Å². The molecule has 0 aromatic heterocycles. The molecule has 1 aliphatic rings. The minimum Gasteiger partial charge on any atom is -0.481 e. The van der Waals surface area contributed by atoms with Crippen LogP contribution in [0.3, 0.4) is 0 Å². The van der Waals surface area contributed by atoms with E-state index in [2.05, 4.69) is 0 Å². The van der Waals surface area contributed by atoms with Crippen molar-refractivity contribution in [1.82, 2.24) is 0 Å². The molecule has 0 bridgehead atoms. The lowest BCUT2D eigenvalue weighted by Crippen LogP contribution is -2.40. The number of hydrogen-bond donors (Lipinski definition) is 2. The Hall–Kier alpha value is -0.480. The highest BCUT2D eigenvalue weighted by molar-refractivity contribution is 6.30. The van der Waals surface area contributed by atoms with E-state index in [1.165, 1.54) is 0 Å². The number of halogens is 2. The summed E-state index contributed by atoms with van der Waals surface area (Å²) >= 11 is 11.6. The Balaban J connectivity index is 2.80. The summed E-state index contributed by atoms with van der Waals surface area (Å²) < 4.78 is 0. The zero-order chi connectivity index (χ0) is 10.9. The predicted octanol–water partition coefficient (Wildman–Crippen LogP) is 1.40. The molecule has 2 N–H and O–H groups in total. The van der Waals surface area contributed by atoms with E-state index in [-0.39, 0.29) is 12.8 Å². The van der Waals surface area contributed by atoms with Gasteiger partial charge in [0, 0.05) is 0 Å². The van der Waals surface area contributed by atoms with Crippen molar-refractivity contribution in [2.75, 3.05) is 0 Å². The van der Waals surface area contributed by atoms with Crippen LogP contribution < -0.4 is 0 Å². The third-order valence-corrected chi connectivity index (χ3v) is 3.56. The first-order valence-electron chi connectivity index (χ1n) is 4.17. The molecule has 0 aromatic rings. The van der Waals surface area contributed by atoms with Crippen molar-refractivity contribution in [2.24, 2.45) is 11.8 Å². The van der Waals surface area contributed by atoms with Gasteiger partial charge in [0.1, 0.15) is 0 Å². The standard InChI is InChI=1S/C8H10Cl2O4/c9-5-1-3(7(11)12)4(8(13)14)2-6(5)10/h3-6H,1-2H2,(H,11,12)(H,13,14)/t3-,4+,5+,6-. The second-order valence-corrected chi connectivity index (χ2v) is 4.51. The molecule has 0 aromatic carbocycles. The zero-order valence-corrected chi connectivity index (χ0v) is 8.70. The second-order valence-electron chi connectivity index (χ2n) is 3.39. The van der Waals surface area contributed by atoms with Gasteiger partial charge in [-0.05, 0) is 12.8 Å². The van der Waals surface area contributed by atoms with Crippen molar-refractivity contribution in [2.45, 2.75) is 23.6 Å². The molecule has 0 spiro atoms. The van der Waals surface area contributed by atoms with Crippen LogP contribution in [-0.4, -0.2) is 32.9 Å². The van der Waals surface area contributed by atoms with Gasteiger partial charge in [-0.3, -0.25) is 9.59 Å². The van der Waals surface area contributed by atoms with Gasteiger partial charge in [0.15, 0.2) is 0 Å². The number of carboxylic acid groups (broad SMARTS) is 2. The minimum atomic E-state index is -1.12. The molecule has 0 saturated heterocycles. The molecular formula is C8H10Cl2O4. The molecule has 6 heteroatoms. The first-order chi connectivity index (χ1) is 6.43. The van der Waals surface area contributed by atoms with E-state index in [9.17, 15) is 9.59 Å². The molecule has 4 atom stereocenters. The maximum Gasteiger partial charge on any atom is 0.307 e. The van der Waals surface area contributed by atoms with Gasteiger partial charge in [-0.1, -0.05) is 0 Å². The summed E-state index contributed by atoms with van der Waals surface area (Å²) in [5, 5.41) is 16.7. The van der Waals surface area contributed by atoms with Crippen molar-refractivity contribution in [1.29, 1.82) is 0 Å². The predicted molar refractivity (Wildman–Crippen MR) is 50.8 cm³/mol. The van der Waals surface area contributed by atoms with Crippen molar-refractivity contribution in [3.63, 3.8) is 0 Å². The number of aliphatic carboxylic acids is 2. The van der Waals surface area contributed by atoms with Gasteiger partial charge in [-0.2, -0.15) is 0 Å². The van der Waals surface area contributed by atoms with Crippen molar-refractivity contribution in [3.05, 3.63) is 0 Å². The van der Waals surface area contributed by atoms with Crippen LogP contribution in [-0.2, 0) is 9.59 Å². The van der Waals surface area contributed by atoms with Crippen LogP contribution in [0.25, 0.3) is 0 Å². The minimum absolute atomic E-state index is 0.113. The second kappa shape index (κ2) is 4.36. The van der Waals surface area contributed by atoms with E-state index in [4.69, 9.17) is 33.4 Å². The lowest BCUT2D eigenvalue weighted by Gasteiger charge is -2.31. The molecule has 0 heterocycles. The van der Waals surface area contributed by atoms with E-state index in [1.807, 2.05) is 0 Å². The summed E-state index contributed by atoms with van der Waals surface area (Å²) in [5.74, 6) is -4.09. The SMILES string of the molecule is O=C(O)[C@H]1C[C@@H](Cl)[C@@H](Cl)C[C@H]1C(=O)O. The third-order valence-electron chi connectivity index (χ3n) is 2.47. The Bertz CT molecular complexity index is 230. The molecule has 0 aliphatic heterocycles. The van der Waals surface area contributed by atoms with Crippen LogP contribution in [0.4, 0.5) is 0 Å².